The Bertz CT molecular complexity index is 359. The highest BCUT2D eigenvalue weighted by Crippen LogP contribution is 1.97. The number of rotatable bonds is 7. The van der Waals surface area contributed by atoms with Crippen LogP contribution < -0.4 is 5.32 Å². The molecule has 1 aromatic heterocycles. The molecule has 0 aromatic carbocycles. The van der Waals surface area contributed by atoms with Gasteiger partial charge in [0.15, 0.2) is 0 Å². The van der Waals surface area contributed by atoms with Gasteiger partial charge >= 0.3 is 0 Å². The van der Waals surface area contributed by atoms with Gasteiger partial charge in [-0.1, -0.05) is 0 Å². The number of nitrogens with one attached hydrogen (secondary N) is 1. The Labute approximate surface area is 114 Å². The van der Waals surface area contributed by atoms with Gasteiger partial charge in [-0.15, -0.1) is 0 Å². The van der Waals surface area contributed by atoms with E-state index in [4.69, 9.17) is 4.74 Å². The molecule has 2 heterocycles. The van der Waals surface area contributed by atoms with Crippen LogP contribution in [0.1, 0.15) is 12.8 Å². The normalized spacial score (nSPS) is 16.4. The van der Waals surface area contributed by atoms with Gasteiger partial charge in [0, 0.05) is 51.5 Å². The van der Waals surface area contributed by atoms with Gasteiger partial charge in [0.1, 0.15) is 0 Å². The highest BCUT2D eigenvalue weighted by molar-refractivity contribution is 5.75. The second-order valence-electron chi connectivity index (χ2n) is 4.83. The Morgan fingerprint density at radius 3 is 2.63 bits per heavy atom. The van der Waals surface area contributed by atoms with Crippen LogP contribution in [0.3, 0.4) is 0 Å². The molecule has 0 spiro atoms. The average Bonchev–Trinajstić information content (AvgIpc) is 2.93. The van der Waals surface area contributed by atoms with Gasteiger partial charge in [-0.25, -0.2) is 0 Å². The van der Waals surface area contributed by atoms with Crippen molar-refractivity contribution in [3.05, 3.63) is 24.5 Å². The molecule has 0 bridgehead atoms. The number of carbonyl (C=O) groups excluding carboxylic acids is 1. The highest BCUT2D eigenvalue weighted by atomic mass is 16.5. The zero-order valence-electron chi connectivity index (χ0n) is 11.4. The maximum atomic E-state index is 11.6. The smallest absolute Gasteiger partial charge is 0.220 e. The van der Waals surface area contributed by atoms with Gasteiger partial charge in [-0.2, -0.15) is 0 Å². The third-order valence-corrected chi connectivity index (χ3v) is 3.34. The largest absolute Gasteiger partial charge is 0.379 e. The van der Waals surface area contributed by atoms with E-state index in [1.54, 1.807) is 0 Å². The maximum Gasteiger partial charge on any atom is 0.220 e. The van der Waals surface area contributed by atoms with E-state index in [1.807, 2.05) is 24.5 Å². The molecular weight excluding hydrogens is 242 g/mol. The molecule has 0 atom stereocenters. The van der Waals surface area contributed by atoms with Crippen LogP contribution in [0, 0.1) is 0 Å². The number of aryl methyl sites for hydroxylation is 1. The van der Waals surface area contributed by atoms with Crippen LogP contribution in [0.5, 0.6) is 0 Å². The van der Waals surface area contributed by atoms with Crippen molar-refractivity contribution in [3.8, 4) is 0 Å². The Hall–Kier alpha value is -1.33. The second kappa shape index (κ2) is 7.96. The highest BCUT2D eigenvalue weighted by Gasteiger charge is 2.09. The fraction of sp³-hybridized carbons (Fsp3) is 0.643. The predicted molar refractivity (Wildman–Crippen MR) is 73.9 cm³/mol. The first-order valence-corrected chi connectivity index (χ1v) is 7.02. The summed E-state index contributed by atoms with van der Waals surface area (Å²) in [6.07, 6.45) is 5.53. The summed E-state index contributed by atoms with van der Waals surface area (Å²) in [4.78, 5) is 14.0. The molecule has 19 heavy (non-hydrogen) atoms. The lowest BCUT2D eigenvalue weighted by molar-refractivity contribution is -0.121. The minimum Gasteiger partial charge on any atom is -0.379 e. The van der Waals surface area contributed by atoms with Crippen LogP contribution in [-0.4, -0.2) is 54.8 Å². The summed E-state index contributed by atoms with van der Waals surface area (Å²) in [5.41, 5.74) is 0. The number of morpholine rings is 1. The van der Waals surface area contributed by atoms with Crippen LogP contribution in [0.2, 0.25) is 0 Å². The van der Waals surface area contributed by atoms with Gasteiger partial charge in [0.2, 0.25) is 5.91 Å². The standard InChI is InChI=1S/C14H23N3O2/c18-14(4-3-8-16-6-1-2-7-16)15-5-9-17-10-12-19-13-11-17/h1-2,6-7H,3-5,8-13H2,(H,15,18). The Morgan fingerprint density at radius 2 is 1.89 bits per heavy atom. The fourth-order valence-corrected chi connectivity index (χ4v) is 2.21. The molecule has 106 valence electrons. The van der Waals surface area contributed by atoms with Crippen molar-refractivity contribution >= 4 is 5.91 Å². The number of ether oxygens (including phenoxy) is 1. The molecule has 5 nitrogen and oxygen atoms in total. The Kier molecular flexibility index (Phi) is 5.91. The summed E-state index contributed by atoms with van der Waals surface area (Å²) in [6.45, 7) is 6.14. The van der Waals surface area contributed by atoms with E-state index in [0.717, 1.165) is 52.4 Å². The molecule has 2 rings (SSSR count). The van der Waals surface area contributed by atoms with E-state index in [1.165, 1.54) is 0 Å². The second-order valence-corrected chi connectivity index (χ2v) is 4.83. The lowest BCUT2D eigenvalue weighted by Crippen LogP contribution is -2.41. The molecule has 0 unspecified atom stereocenters. The van der Waals surface area contributed by atoms with Crippen molar-refractivity contribution in [1.82, 2.24) is 14.8 Å². The summed E-state index contributed by atoms with van der Waals surface area (Å²) in [7, 11) is 0. The van der Waals surface area contributed by atoms with Crippen LogP contribution >= 0.6 is 0 Å². The minimum absolute atomic E-state index is 0.153. The van der Waals surface area contributed by atoms with Crippen molar-refractivity contribution in [1.29, 1.82) is 0 Å². The van der Waals surface area contributed by atoms with Gasteiger partial charge < -0.3 is 14.6 Å². The average molecular weight is 265 g/mol. The summed E-state index contributed by atoms with van der Waals surface area (Å²) in [5, 5.41) is 2.98. The molecule has 1 aliphatic rings. The zero-order chi connectivity index (χ0) is 13.3. The monoisotopic (exact) mass is 265 g/mol. The first kappa shape index (κ1) is 14.1. The van der Waals surface area contributed by atoms with E-state index >= 15 is 0 Å². The van der Waals surface area contributed by atoms with Crippen LogP contribution in [-0.2, 0) is 16.1 Å². The molecule has 1 aliphatic heterocycles. The van der Waals surface area contributed by atoms with Gasteiger partial charge in [-0.3, -0.25) is 9.69 Å². The number of hydrogen-bond donors (Lipinski definition) is 1. The molecule has 0 radical (unpaired) electrons. The Balaban J connectivity index is 1.49. The number of aromatic nitrogens is 1. The summed E-state index contributed by atoms with van der Waals surface area (Å²) >= 11 is 0. The first-order valence-electron chi connectivity index (χ1n) is 7.02. The topological polar surface area (TPSA) is 46.5 Å². The van der Waals surface area contributed by atoms with E-state index in [-0.39, 0.29) is 5.91 Å². The third-order valence-electron chi connectivity index (χ3n) is 3.34. The summed E-state index contributed by atoms with van der Waals surface area (Å²) < 4.78 is 7.38. The molecule has 0 saturated carbocycles. The lowest BCUT2D eigenvalue weighted by atomic mass is 10.3. The maximum absolute atomic E-state index is 11.6. The van der Waals surface area contributed by atoms with Crippen LogP contribution in [0.15, 0.2) is 24.5 Å². The molecule has 1 aromatic rings. The zero-order valence-corrected chi connectivity index (χ0v) is 11.4. The molecular formula is C14H23N3O2. The quantitative estimate of drug-likeness (QED) is 0.790. The SMILES string of the molecule is O=C(CCCn1cccc1)NCCN1CCOCC1. The van der Waals surface area contributed by atoms with Crippen molar-refractivity contribution in [2.24, 2.45) is 0 Å². The summed E-state index contributed by atoms with van der Waals surface area (Å²) in [5.74, 6) is 0.153. The number of amides is 1. The molecule has 1 saturated heterocycles. The number of nitrogens with zero attached hydrogens (tertiary/aromatic N) is 2. The van der Waals surface area contributed by atoms with Crippen LogP contribution in [0.4, 0.5) is 0 Å². The molecule has 1 amide bonds. The minimum atomic E-state index is 0.153. The van der Waals surface area contributed by atoms with E-state index in [2.05, 4.69) is 14.8 Å². The predicted octanol–water partition coefficient (Wildman–Crippen LogP) is 0.717. The van der Waals surface area contributed by atoms with Crippen molar-refractivity contribution in [2.75, 3.05) is 39.4 Å². The number of carbonyl (C=O) groups is 1. The third kappa shape index (κ3) is 5.44. The Morgan fingerprint density at radius 1 is 1.16 bits per heavy atom. The fourth-order valence-electron chi connectivity index (χ4n) is 2.21. The van der Waals surface area contributed by atoms with Gasteiger partial charge in [0.25, 0.3) is 0 Å². The van der Waals surface area contributed by atoms with E-state index in [0.29, 0.717) is 6.42 Å². The first-order chi connectivity index (χ1) is 9.34. The van der Waals surface area contributed by atoms with E-state index in [9.17, 15) is 4.79 Å². The molecule has 1 fully saturated rings. The van der Waals surface area contributed by atoms with E-state index < -0.39 is 0 Å². The van der Waals surface area contributed by atoms with Crippen LogP contribution in [0.25, 0.3) is 0 Å². The molecule has 5 heteroatoms. The lowest BCUT2D eigenvalue weighted by Gasteiger charge is -2.26. The van der Waals surface area contributed by atoms with Crippen molar-refractivity contribution in [2.45, 2.75) is 19.4 Å². The van der Waals surface area contributed by atoms with Crippen molar-refractivity contribution < 1.29 is 9.53 Å². The molecule has 0 aliphatic carbocycles. The van der Waals surface area contributed by atoms with Crippen molar-refractivity contribution in [3.63, 3.8) is 0 Å². The van der Waals surface area contributed by atoms with Gasteiger partial charge in [0.05, 0.1) is 13.2 Å². The molecule has 1 N–H and O–H groups in total. The van der Waals surface area contributed by atoms with Gasteiger partial charge in [-0.05, 0) is 18.6 Å². The number of hydrogen-bond acceptors (Lipinski definition) is 3. The summed E-state index contributed by atoms with van der Waals surface area (Å²) in [6, 6.07) is 4.00.